The fraction of sp³-hybridized carbons (Fsp3) is 0. The summed E-state index contributed by atoms with van der Waals surface area (Å²) in [6.07, 6.45) is 0. The second-order valence-corrected chi connectivity index (χ2v) is 22.3. The van der Waals surface area contributed by atoms with E-state index in [1.807, 2.05) is 0 Å². The standard InChI is InChI=1S/C78H48BN3O2/c1-5-21-49(22-6-1)53-37-39-58-59-40-38-54(50-23-7-2-8-24-50)42-69(59)80(68(58)41-53)55-43-72-78-73(44-55)82(67-34-18-14-30-57(67)52-27-11-4-12-28-52)71-46-63-61-32-16-20-36-75(61)84-77(63)48-65(71)79(78)64-47-76-62(60-31-15-19-35-74(60)83-76)45-70(64)81(72)66-33-17-13-29-56(66)51-25-9-3-10-26-51/h1-48H. The Morgan fingerprint density at radius 3 is 1.10 bits per heavy atom. The number of aromatic nitrogens is 1. The van der Waals surface area contributed by atoms with Crippen LogP contribution >= 0.6 is 0 Å². The Bertz CT molecular complexity index is 5010. The summed E-state index contributed by atoms with van der Waals surface area (Å²) in [5.41, 5.74) is 25.9. The van der Waals surface area contributed by atoms with Gasteiger partial charge in [0.05, 0.1) is 28.1 Å². The van der Waals surface area contributed by atoms with E-state index in [1.165, 1.54) is 27.4 Å². The monoisotopic (exact) mass is 1070 g/mol. The number of rotatable bonds is 7. The van der Waals surface area contributed by atoms with Gasteiger partial charge in [0.2, 0.25) is 0 Å². The molecule has 0 saturated heterocycles. The zero-order chi connectivity index (χ0) is 55.0. The van der Waals surface area contributed by atoms with Crippen molar-refractivity contribution in [3.8, 4) is 50.2 Å². The SMILES string of the molecule is c1ccc(-c2ccc3c4ccc(-c5ccccc5)cc4n(-c4cc5c6c(c4)N(c4ccccc4-c4ccccc4)c4cc7c(cc4B6c4cc6oc8ccccc8c6cc4N5c4ccccc4-c4ccccc4)oc4ccccc47)c3c2)cc1. The molecule has 18 rings (SSSR count). The number of anilines is 6. The van der Waals surface area contributed by atoms with Gasteiger partial charge in [-0.1, -0.05) is 218 Å². The molecule has 0 spiro atoms. The number of benzene rings is 13. The van der Waals surface area contributed by atoms with Crippen LogP contribution in [0.5, 0.6) is 0 Å². The maximum atomic E-state index is 6.92. The average Bonchev–Trinajstić information content (AvgIpc) is 1.19. The highest BCUT2D eigenvalue weighted by Gasteiger charge is 2.45. The fourth-order valence-electron chi connectivity index (χ4n) is 14.0. The van der Waals surface area contributed by atoms with Crippen LogP contribution in [0.15, 0.2) is 300 Å². The lowest BCUT2D eigenvalue weighted by molar-refractivity contribution is 0.669. The Kier molecular flexibility index (Phi) is 10.1. The first-order chi connectivity index (χ1) is 41.7. The summed E-state index contributed by atoms with van der Waals surface area (Å²) in [4.78, 5) is 5.14. The molecule has 16 aromatic rings. The van der Waals surface area contributed by atoms with E-state index in [0.29, 0.717) is 0 Å². The van der Waals surface area contributed by atoms with Crippen LogP contribution in [0.3, 0.4) is 0 Å². The highest BCUT2D eigenvalue weighted by atomic mass is 16.3. The van der Waals surface area contributed by atoms with Crippen LogP contribution in [0.2, 0.25) is 0 Å². The van der Waals surface area contributed by atoms with Gasteiger partial charge in [0.1, 0.15) is 22.3 Å². The fourth-order valence-corrected chi connectivity index (χ4v) is 14.0. The summed E-state index contributed by atoms with van der Waals surface area (Å²) in [6.45, 7) is -0.267. The van der Waals surface area contributed by atoms with Crippen molar-refractivity contribution in [2.75, 3.05) is 9.80 Å². The zero-order valence-corrected chi connectivity index (χ0v) is 45.4. The van der Waals surface area contributed by atoms with E-state index in [1.54, 1.807) is 0 Å². The number of para-hydroxylation sites is 4. The number of furan rings is 2. The molecule has 0 amide bonds. The first kappa shape index (κ1) is 46.7. The number of fused-ring (bicyclic) bond motifs is 13. The van der Waals surface area contributed by atoms with Crippen LogP contribution in [0, 0.1) is 0 Å². The molecular formula is C78H48BN3O2. The van der Waals surface area contributed by atoms with Gasteiger partial charge in [-0.25, -0.2) is 0 Å². The first-order valence-electron chi connectivity index (χ1n) is 28.8. The van der Waals surface area contributed by atoms with Gasteiger partial charge in [0.25, 0.3) is 6.71 Å². The van der Waals surface area contributed by atoms with E-state index >= 15 is 0 Å². The van der Waals surface area contributed by atoms with Crippen LogP contribution < -0.4 is 26.2 Å². The van der Waals surface area contributed by atoms with Crippen molar-refractivity contribution < 1.29 is 8.83 Å². The molecule has 3 aromatic heterocycles. The molecule has 6 heteroatoms. The summed E-state index contributed by atoms with van der Waals surface area (Å²) < 4.78 is 16.4. The minimum Gasteiger partial charge on any atom is -0.456 e. The molecule has 0 N–H and O–H groups in total. The van der Waals surface area contributed by atoms with E-state index in [-0.39, 0.29) is 6.71 Å². The van der Waals surface area contributed by atoms with Gasteiger partial charge in [0.15, 0.2) is 0 Å². The maximum absolute atomic E-state index is 6.92. The molecule has 0 atom stereocenters. The summed E-state index contributed by atoms with van der Waals surface area (Å²) in [5.74, 6) is 0. The lowest BCUT2D eigenvalue weighted by atomic mass is 9.33. The quantitative estimate of drug-likeness (QED) is 0.149. The van der Waals surface area contributed by atoms with Crippen molar-refractivity contribution in [3.63, 3.8) is 0 Å². The molecule has 2 aliphatic rings. The molecule has 0 radical (unpaired) electrons. The van der Waals surface area contributed by atoms with Crippen LogP contribution in [-0.2, 0) is 0 Å². The smallest absolute Gasteiger partial charge is 0.252 e. The van der Waals surface area contributed by atoms with E-state index < -0.39 is 0 Å². The molecule has 13 aromatic carbocycles. The molecule has 0 bridgehead atoms. The largest absolute Gasteiger partial charge is 0.456 e. The maximum Gasteiger partial charge on any atom is 0.252 e. The average molecular weight is 1070 g/mol. The van der Waals surface area contributed by atoms with Gasteiger partial charge in [-0.05, 0) is 123 Å². The first-order valence-corrected chi connectivity index (χ1v) is 28.8. The van der Waals surface area contributed by atoms with Crippen LogP contribution in [0.25, 0.3) is 116 Å². The molecule has 0 saturated carbocycles. The predicted octanol–water partition coefficient (Wildman–Crippen LogP) is 19.3. The van der Waals surface area contributed by atoms with Gasteiger partial charge in [-0.15, -0.1) is 0 Å². The van der Waals surface area contributed by atoms with Gasteiger partial charge in [-0.3, -0.25) is 0 Å². The molecule has 2 aliphatic heterocycles. The van der Waals surface area contributed by atoms with Crippen molar-refractivity contribution in [2.45, 2.75) is 0 Å². The van der Waals surface area contributed by atoms with Crippen molar-refractivity contribution in [2.24, 2.45) is 0 Å². The lowest BCUT2D eigenvalue weighted by Crippen LogP contribution is -2.61. The highest BCUT2D eigenvalue weighted by Crippen LogP contribution is 2.52. The summed E-state index contributed by atoms with van der Waals surface area (Å²) in [7, 11) is 0. The minimum atomic E-state index is -0.267. The second-order valence-electron chi connectivity index (χ2n) is 22.3. The van der Waals surface area contributed by atoms with Crippen LogP contribution in [-0.4, -0.2) is 11.3 Å². The topological polar surface area (TPSA) is 37.7 Å². The Labute approximate surface area is 484 Å². The molecule has 5 nitrogen and oxygen atoms in total. The minimum absolute atomic E-state index is 0.267. The summed E-state index contributed by atoms with van der Waals surface area (Å²) in [5, 5.41) is 6.67. The molecule has 84 heavy (non-hydrogen) atoms. The van der Waals surface area contributed by atoms with Gasteiger partial charge in [-0.2, -0.15) is 0 Å². The second kappa shape index (κ2) is 18.2. The third kappa shape index (κ3) is 6.98. The molecule has 0 fully saturated rings. The zero-order valence-electron chi connectivity index (χ0n) is 45.4. The lowest BCUT2D eigenvalue weighted by Gasteiger charge is -2.45. The van der Waals surface area contributed by atoms with E-state index in [9.17, 15) is 0 Å². The highest BCUT2D eigenvalue weighted by molar-refractivity contribution is 7.00. The third-order valence-corrected chi connectivity index (χ3v) is 17.7. The molecule has 0 aliphatic carbocycles. The summed E-state index contributed by atoms with van der Waals surface area (Å²) in [6, 6.07) is 107. The number of hydrogen-bond acceptors (Lipinski definition) is 4. The number of hydrogen-bond donors (Lipinski definition) is 0. The van der Waals surface area contributed by atoms with E-state index in [0.717, 1.165) is 139 Å². The van der Waals surface area contributed by atoms with Crippen LogP contribution in [0.4, 0.5) is 34.1 Å². The normalized spacial score (nSPS) is 12.7. The van der Waals surface area contributed by atoms with Crippen molar-refractivity contribution in [1.82, 2.24) is 4.57 Å². The Hall–Kier alpha value is -11.1. The van der Waals surface area contributed by atoms with Gasteiger partial charge in [0, 0.05) is 66.2 Å². The third-order valence-electron chi connectivity index (χ3n) is 17.7. The van der Waals surface area contributed by atoms with Crippen LogP contribution in [0.1, 0.15) is 0 Å². The molecular weight excluding hydrogens is 1020 g/mol. The Morgan fingerprint density at radius 2 is 0.643 bits per heavy atom. The Morgan fingerprint density at radius 1 is 0.250 bits per heavy atom. The van der Waals surface area contributed by atoms with Crippen molar-refractivity contribution in [3.05, 3.63) is 291 Å². The molecule has 390 valence electrons. The van der Waals surface area contributed by atoms with E-state index in [2.05, 4.69) is 306 Å². The predicted molar refractivity (Wildman–Crippen MR) is 351 cm³/mol. The Balaban J connectivity index is 1.03. The van der Waals surface area contributed by atoms with Crippen molar-refractivity contribution >= 4 is 123 Å². The van der Waals surface area contributed by atoms with Crippen molar-refractivity contribution in [1.29, 1.82) is 0 Å². The summed E-state index contributed by atoms with van der Waals surface area (Å²) >= 11 is 0. The van der Waals surface area contributed by atoms with E-state index in [4.69, 9.17) is 8.83 Å². The number of nitrogens with zero attached hydrogens (tertiary/aromatic N) is 3. The molecule has 0 unspecified atom stereocenters. The van der Waals surface area contributed by atoms with Gasteiger partial charge >= 0.3 is 0 Å². The molecule has 5 heterocycles. The van der Waals surface area contributed by atoms with Gasteiger partial charge < -0.3 is 23.2 Å².